The minimum atomic E-state index is -4.60. The van der Waals surface area contributed by atoms with E-state index >= 15 is 0 Å². The van der Waals surface area contributed by atoms with E-state index < -0.39 is 51.8 Å². The third-order valence-electron chi connectivity index (χ3n) is 7.92. The fourth-order valence-electron chi connectivity index (χ4n) is 4.99. The third-order valence-corrected chi connectivity index (χ3v) is 8.87. The van der Waals surface area contributed by atoms with Crippen LogP contribution in [0.5, 0.6) is 0 Å². The van der Waals surface area contributed by atoms with Gasteiger partial charge in [0.05, 0.1) is 19.8 Å². The summed E-state index contributed by atoms with van der Waals surface area (Å²) in [5, 5.41) is 18.2. The third kappa shape index (κ3) is 33.0. The lowest BCUT2D eigenvalue weighted by Gasteiger charge is -2.20. The Morgan fingerprint density at radius 2 is 1.04 bits per heavy atom. The SMILES string of the molecule is CCCCCCCCCCC/C=C/CCCCC(=O)OC[C@@H](COP(=O)(O)OC[C@H](O)CO)OC(=O)CCCCCCCCCCC. The first kappa shape index (κ1) is 45.7. The van der Waals surface area contributed by atoms with E-state index in [1.54, 1.807) is 0 Å². The van der Waals surface area contributed by atoms with Gasteiger partial charge in [-0.3, -0.25) is 18.6 Å². The molecule has 278 valence electrons. The van der Waals surface area contributed by atoms with Crippen molar-refractivity contribution in [1.29, 1.82) is 0 Å². The number of rotatable bonds is 35. The predicted octanol–water partition coefficient (Wildman–Crippen LogP) is 8.89. The molecule has 0 fully saturated rings. The number of unbranched alkanes of at least 4 members (excludes halogenated alkanes) is 19. The molecule has 0 spiro atoms. The Hall–Kier alpha value is -1.29. The van der Waals surface area contributed by atoms with Crippen LogP contribution in [0.25, 0.3) is 0 Å². The molecular weight excluding hydrogens is 623 g/mol. The Labute approximate surface area is 286 Å². The van der Waals surface area contributed by atoms with E-state index in [-0.39, 0.29) is 19.4 Å². The molecule has 47 heavy (non-hydrogen) atoms. The predicted molar refractivity (Wildman–Crippen MR) is 187 cm³/mol. The molecule has 0 aromatic carbocycles. The van der Waals surface area contributed by atoms with Gasteiger partial charge in [-0.25, -0.2) is 4.57 Å². The lowest BCUT2D eigenvalue weighted by molar-refractivity contribution is -0.161. The molecule has 3 atom stereocenters. The largest absolute Gasteiger partial charge is 0.472 e. The van der Waals surface area contributed by atoms with Gasteiger partial charge in [0.25, 0.3) is 0 Å². The molecule has 0 aliphatic heterocycles. The molecule has 0 aliphatic rings. The van der Waals surface area contributed by atoms with Crippen molar-refractivity contribution in [3.8, 4) is 0 Å². The molecule has 0 saturated heterocycles. The highest BCUT2D eigenvalue weighted by molar-refractivity contribution is 7.47. The van der Waals surface area contributed by atoms with Crippen LogP contribution in [0.3, 0.4) is 0 Å². The van der Waals surface area contributed by atoms with Gasteiger partial charge in [0.1, 0.15) is 12.7 Å². The molecule has 0 saturated carbocycles. The number of phosphoric ester groups is 1. The van der Waals surface area contributed by atoms with Crippen molar-refractivity contribution in [1.82, 2.24) is 0 Å². The van der Waals surface area contributed by atoms with Gasteiger partial charge in [0, 0.05) is 12.8 Å². The summed E-state index contributed by atoms with van der Waals surface area (Å²) in [5.74, 6) is -0.950. The number of carbonyl (C=O) groups excluding carboxylic acids is 2. The topological polar surface area (TPSA) is 149 Å². The summed E-state index contributed by atoms with van der Waals surface area (Å²) >= 11 is 0. The normalized spacial score (nSPS) is 14.2. The standard InChI is InChI=1S/C36H69O10P/c1-3-5-7-9-11-13-14-15-16-17-18-20-21-23-25-27-35(39)43-31-34(32-45-47(41,42)44-30-33(38)29-37)46-36(40)28-26-24-22-19-12-10-8-6-4-2/h18,20,33-34,37-38H,3-17,19,21-32H2,1-2H3,(H,41,42)/b20-18+/t33-,34+/m1/s1. The smallest absolute Gasteiger partial charge is 0.462 e. The molecule has 3 N–H and O–H groups in total. The van der Waals surface area contributed by atoms with Crippen LogP contribution in [0.1, 0.15) is 168 Å². The Morgan fingerprint density at radius 3 is 1.57 bits per heavy atom. The summed E-state index contributed by atoms with van der Waals surface area (Å²) in [4.78, 5) is 34.7. The second-order valence-corrected chi connectivity index (χ2v) is 14.1. The molecule has 0 radical (unpaired) electrons. The number of allylic oxidation sites excluding steroid dienone is 2. The minimum absolute atomic E-state index is 0.183. The summed E-state index contributed by atoms with van der Waals surface area (Å²) in [6.45, 7) is 2.32. The molecule has 0 bridgehead atoms. The van der Waals surface area contributed by atoms with Crippen LogP contribution in [0, 0.1) is 0 Å². The van der Waals surface area contributed by atoms with Crippen molar-refractivity contribution >= 4 is 19.8 Å². The van der Waals surface area contributed by atoms with E-state index in [1.165, 1.54) is 89.9 Å². The van der Waals surface area contributed by atoms with Crippen LogP contribution >= 0.6 is 7.82 Å². The minimum Gasteiger partial charge on any atom is -0.462 e. The van der Waals surface area contributed by atoms with Gasteiger partial charge in [-0.05, 0) is 38.5 Å². The number of ether oxygens (including phenoxy) is 2. The summed E-state index contributed by atoms with van der Waals surface area (Å²) in [6, 6.07) is 0. The van der Waals surface area contributed by atoms with E-state index in [9.17, 15) is 24.2 Å². The molecule has 0 amide bonds. The Kier molecular flexibility index (Phi) is 32.3. The Balaban J connectivity index is 4.36. The van der Waals surface area contributed by atoms with Gasteiger partial charge in [0.15, 0.2) is 6.10 Å². The van der Waals surface area contributed by atoms with E-state index in [0.717, 1.165) is 38.5 Å². The first-order chi connectivity index (χ1) is 22.7. The molecular formula is C36H69O10P. The zero-order valence-electron chi connectivity index (χ0n) is 29.8. The first-order valence-electron chi connectivity index (χ1n) is 18.6. The zero-order valence-corrected chi connectivity index (χ0v) is 30.6. The van der Waals surface area contributed by atoms with Gasteiger partial charge in [0.2, 0.25) is 0 Å². The van der Waals surface area contributed by atoms with Crippen LogP contribution in [0.15, 0.2) is 12.2 Å². The number of hydrogen-bond donors (Lipinski definition) is 3. The Morgan fingerprint density at radius 1 is 0.617 bits per heavy atom. The maximum Gasteiger partial charge on any atom is 0.472 e. The number of esters is 2. The second-order valence-electron chi connectivity index (χ2n) is 12.6. The summed E-state index contributed by atoms with van der Waals surface area (Å²) in [6.07, 6.45) is 27.7. The monoisotopic (exact) mass is 692 g/mol. The zero-order chi connectivity index (χ0) is 34.9. The molecule has 0 heterocycles. The quantitative estimate of drug-likeness (QED) is 0.0254. The van der Waals surface area contributed by atoms with Crippen LogP contribution in [-0.2, 0) is 32.7 Å². The average Bonchev–Trinajstić information content (AvgIpc) is 3.05. The second kappa shape index (κ2) is 33.2. The van der Waals surface area contributed by atoms with E-state index in [4.69, 9.17) is 19.1 Å². The lowest BCUT2D eigenvalue weighted by atomic mass is 10.1. The van der Waals surface area contributed by atoms with Crippen LogP contribution in [-0.4, -0.2) is 65.7 Å². The van der Waals surface area contributed by atoms with Crippen LogP contribution < -0.4 is 0 Å². The number of hydrogen-bond acceptors (Lipinski definition) is 9. The van der Waals surface area contributed by atoms with E-state index in [2.05, 4.69) is 30.5 Å². The summed E-state index contributed by atoms with van der Waals surface area (Å²) in [7, 11) is -4.60. The van der Waals surface area contributed by atoms with Gasteiger partial charge < -0.3 is 24.6 Å². The van der Waals surface area contributed by atoms with Crippen LogP contribution in [0.2, 0.25) is 0 Å². The van der Waals surface area contributed by atoms with Crippen molar-refractivity contribution in [2.24, 2.45) is 0 Å². The Bertz CT molecular complexity index is 807. The number of carbonyl (C=O) groups is 2. The van der Waals surface area contributed by atoms with Crippen molar-refractivity contribution in [2.45, 2.75) is 180 Å². The first-order valence-corrected chi connectivity index (χ1v) is 20.1. The van der Waals surface area contributed by atoms with Crippen LogP contribution in [0.4, 0.5) is 0 Å². The highest BCUT2D eigenvalue weighted by Crippen LogP contribution is 2.43. The highest BCUT2D eigenvalue weighted by Gasteiger charge is 2.27. The van der Waals surface area contributed by atoms with E-state index in [0.29, 0.717) is 12.8 Å². The van der Waals surface area contributed by atoms with Crippen molar-refractivity contribution < 1.29 is 47.8 Å². The molecule has 0 aromatic rings. The van der Waals surface area contributed by atoms with Gasteiger partial charge in [-0.1, -0.05) is 129 Å². The fraction of sp³-hybridized carbons (Fsp3) is 0.889. The molecule has 10 nitrogen and oxygen atoms in total. The average molecular weight is 693 g/mol. The molecule has 11 heteroatoms. The molecule has 0 aliphatic carbocycles. The maximum atomic E-state index is 12.5. The summed E-state index contributed by atoms with van der Waals surface area (Å²) in [5.41, 5.74) is 0. The van der Waals surface area contributed by atoms with Crippen molar-refractivity contribution in [3.63, 3.8) is 0 Å². The number of aliphatic hydroxyl groups excluding tert-OH is 2. The van der Waals surface area contributed by atoms with Crippen molar-refractivity contribution in [2.75, 3.05) is 26.4 Å². The van der Waals surface area contributed by atoms with Gasteiger partial charge in [-0.15, -0.1) is 0 Å². The summed E-state index contributed by atoms with van der Waals surface area (Å²) < 4.78 is 32.5. The molecule has 0 rings (SSSR count). The molecule has 0 aromatic heterocycles. The number of aliphatic hydroxyl groups is 2. The molecule has 1 unspecified atom stereocenters. The van der Waals surface area contributed by atoms with Crippen molar-refractivity contribution in [3.05, 3.63) is 12.2 Å². The fourth-order valence-corrected chi connectivity index (χ4v) is 5.78. The van der Waals surface area contributed by atoms with Gasteiger partial charge in [-0.2, -0.15) is 0 Å². The van der Waals surface area contributed by atoms with E-state index in [1.807, 2.05) is 0 Å². The number of phosphoric acid groups is 1. The maximum absolute atomic E-state index is 12.5. The van der Waals surface area contributed by atoms with Gasteiger partial charge >= 0.3 is 19.8 Å². The lowest BCUT2D eigenvalue weighted by Crippen LogP contribution is -2.29. The highest BCUT2D eigenvalue weighted by atomic mass is 31.2.